The Labute approximate surface area is 111 Å². The number of nitrogens with one attached hydrogen (secondary N) is 1. The molecule has 0 saturated carbocycles. The summed E-state index contributed by atoms with van der Waals surface area (Å²) in [6, 6.07) is -1.51. The minimum absolute atomic E-state index is 0.0282. The van der Waals surface area contributed by atoms with Gasteiger partial charge in [-0.05, 0) is 12.1 Å². The highest BCUT2D eigenvalue weighted by Gasteiger charge is 2.48. The Balaban J connectivity index is 2.49. The van der Waals surface area contributed by atoms with Crippen molar-refractivity contribution in [2.45, 2.75) is 12.2 Å². The van der Waals surface area contributed by atoms with E-state index in [-0.39, 0.29) is 26.2 Å². The molecule has 1 N–H and O–H groups in total. The SMILES string of the molecule is Fc1ccc(F)c([C@H](N2CCNCC2)C(F)(F)F)c1F. The van der Waals surface area contributed by atoms with E-state index in [2.05, 4.69) is 5.32 Å². The van der Waals surface area contributed by atoms with Gasteiger partial charge in [-0.25, -0.2) is 13.2 Å². The summed E-state index contributed by atoms with van der Waals surface area (Å²) in [6.07, 6.45) is -4.90. The first-order chi connectivity index (χ1) is 9.32. The average molecular weight is 298 g/mol. The van der Waals surface area contributed by atoms with Gasteiger partial charge < -0.3 is 5.32 Å². The quantitative estimate of drug-likeness (QED) is 0.667. The summed E-state index contributed by atoms with van der Waals surface area (Å²) >= 11 is 0. The zero-order chi connectivity index (χ0) is 14.9. The Bertz CT molecular complexity index is 482. The van der Waals surface area contributed by atoms with Gasteiger partial charge >= 0.3 is 6.18 Å². The molecule has 0 bridgehead atoms. The van der Waals surface area contributed by atoms with E-state index in [1.807, 2.05) is 0 Å². The molecule has 1 saturated heterocycles. The van der Waals surface area contributed by atoms with Crippen LogP contribution in [-0.4, -0.2) is 37.3 Å². The monoisotopic (exact) mass is 298 g/mol. The summed E-state index contributed by atoms with van der Waals surface area (Å²) < 4.78 is 79.9. The van der Waals surface area contributed by atoms with Gasteiger partial charge in [-0.1, -0.05) is 0 Å². The standard InChI is InChI=1S/C12H12F6N2/c13-7-1-2-8(14)10(15)9(7)11(12(16,17)18)20-5-3-19-4-6-20/h1-2,11,19H,3-6H2/t11-/m0/s1. The third-order valence-electron chi connectivity index (χ3n) is 3.18. The van der Waals surface area contributed by atoms with Crippen molar-refractivity contribution < 1.29 is 26.3 Å². The number of halogens is 6. The highest BCUT2D eigenvalue weighted by Crippen LogP contribution is 2.40. The molecular weight excluding hydrogens is 286 g/mol. The van der Waals surface area contributed by atoms with Gasteiger partial charge in [0.05, 0.1) is 5.56 Å². The number of hydrogen-bond donors (Lipinski definition) is 1. The van der Waals surface area contributed by atoms with Gasteiger partial charge in [-0.3, -0.25) is 4.90 Å². The van der Waals surface area contributed by atoms with Crippen LogP contribution in [0.15, 0.2) is 12.1 Å². The lowest BCUT2D eigenvalue weighted by Gasteiger charge is -2.36. The van der Waals surface area contributed by atoms with Gasteiger partial charge in [-0.2, -0.15) is 13.2 Å². The molecule has 2 rings (SSSR count). The minimum atomic E-state index is -4.90. The van der Waals surface area contributed by atoms with Crippen molar-refractivity contribution in [3.05, 3.63) is 35.1 Å². The first-order valence-electron chi connectivity index (χ1n) is 5.97. The molecule has 20 heavy (non-hydrogen) atoms. The van der Waals surface area contributed by atoms with E-state index >= 15 is 0 Å². The van der Waals surface area contributed by atoms with Crippen LogP contribution in [0.2, 0.25) is 0 Å². The first kappa shape index (κ1) is 15.1. The number of rotatable bonds is 2. The number of hydrogen-bond acceptors (Lipinski definition) is 2. The van der Waals surface area contributed by atoms with E-state index in [0.717, 1.165) is 4.90 Å². The Morgan fingerprint density at radius 1 is 1.00 bits per heavy atom. The highest BCUT2D eigenvalue weighted by molar-refractivity contribution is 5.26. The Hall–Kier alpha value is -1.28. The Morgan fingerprint density at radius 2 is 1.55 bits per heavy atom. The first-order valence-corrected chi connectivity index (χ1v) is 5.97. The Kier molecular flexibility index (Phi) is 4.24. The second kappa shape index (κ2) is 5.61. The molecule has 1 fully saturated rings. The van der Waals surface area contributed by atoms with Crippen molar-refractivity contribution in [3.63, 3.8) is 0 Å². The van der Waals surface area contributed by atoms with Gasteiger partial charge in [0.1, 0.15) is 11.9 Å². The Morgan fingerprint density at radius 3 is 2.10 bits per heavy atom. The van der Waals surface area contributed by atoms with Gasteiger partial charge in [0.15, 0.2) is 11.6 Å². The predicted molar refractivity (Wildman–Crippen MR) is 59.6 cm³/mol. The van der Waals surface area contributed by atoms with Crippen LogP contribution in [0.5, 0.6) is 0 Å². The summed E-state index contributed by atoms with van der Waals surface area (Å²) in [5.74, 6) is -4.68. The fourth-order valence-electron chi connectivity index (χ4n) is 2.29. The number of nitrogens with zero attached hydrogens (tertiary/aromatic N) is 1. The van der Waals surface area contributed by atoms with Crippen LogP contribution in [0.3, 0.4) is 0 Å². The lowest BCUT2D eigenvalue weighted by Crippen LogP contribution is -2.49. The van der Waals surface area contributed by atoms with Crippen LogP contribution in [-0.2, 0) is 0 Å². The molecule has 0 unspecified atom stereocenters. The van der Waals surface area contributed by atoms with Gasteiger partial charge in [0.25, 0.3) is 0 Å². The zero-order valence-corrected chi connectivity index (χ0v) is 10.3. The fraction of sp³-hybridized carbons (Fsp3) is 0.500. The largest absolute Gasteiger partial charge is 0.408 e. The van der Waals surface area contributed by atoms with Crippen LogP contribution < -0.4 is 5.32 Å². The summed E-state index contributed by atoms with van der Waals surface area (Å²) in [5, 5.41) is 2.84. The number of benzene rings is 1. The average Bonchev–Trinajstić information content (AvgIpc) is 2.39. The van der Waals surface area contributed by atoms with Crippen LogP contribution in [0.1, 0.15) is 11.6 Å². The molecule has 2 nitrogen and oxygen atoms in total. The molecule has 1 atom stereocenters. The van der Waals surface area contributed by atoms with Crippen molar-refractivity contribution in [1.29, 1.82) is 0 Å². The molecule has 0 amide bonds. The van der Waals surface area contributed by atoms with Gasteiger partial charge in [0, 0.05) is 26.2 Å². The summed E-state index contributed by atoms with van der Waals surface area (Å²) in [6.45, 7) is 0.482. The molecule has 1 aliphatic rings. The molecule has 1 aliphatic heterocycles. The summed E-state index contributed by atoms with van der Waals surface area (Å²) in [4.78, 5) is 0.900. The van der Waals surface area contributed by atoms with E-state index in [4.69, 9.17) is 0 Å². The van der Waals surface area contributed by atoms with E-state index < -0.39 is 35.2 Å². The lowest BCUT2D eigenvalue weighted by molar-refractivity contribution is -0.189. The van der Waals surface area contributed by atoms with E-state index in [9.17, 15) is 26.3 Å². The van der Waals surface area contributed by atoms with Crippen LogP contribution >= 0.6 is 0 Å². The number of piperazine rings is 1. The number of alkyl halides is 3. The third kappa shape index (κ3) is 2.90. The molecular formula is C12H12F6N2. The predicted octanol–water partition coefficient (Wildman–Crippen LogP) is 2.61. The lowest BCUT2D eigenvalue weighted by atomic mass is 10.0. The molecule has 112 valence electrons. The maximum Gasteiger partial charge on any atom is 0.408 e. The molecule has 1 aromatic rings. The molecule has 1 heterocycles. The second-order valence-electron chi connectivity index (χ2n) is 4.49. The van der Waals surface area contributed by atoms with Crippen molar-refractivity contribution in [2.75, 3.05) is 26.2 Å². The van der Waals surface area contributed by atoms with Gasteiger partial charge in [0.2, 0.25) is 0 Å². The molecule has 0 aliphatic carbocycles. The van der Waals surface area contributed by atoms with E-state index in [0.29, 0.717) is 12.1 Å². The van der Waals surface area contributed by atoms with Crippen LogP contribution in [0.25, 0.3) is 0 Å². The third-order valence-corrected chi connectivity index (χ3v) is 3.18. The van der Waals surface area contributed by atoms with Crippen molar-refractivity contribution >= 4 is 0 Å². The summed E-state index contributed by atoms with van der Waals surface area (Å²) in [5.41, 5.74) is -1.28. The summed E-state index contributed by atoms with van der Waals surface area (Å²) in [7, 11) is 0. The maximum atomic E-state index is 13.6. The van der Waals surface area contributed by atoms with Crippen molar-refractivity contribution in [2.24, 2.45) is 0 Å². The van der Waals surface area contributed by atoms with Crippen molar-refractivity contribution in [1.82, 2.24) is 10.2 Å². The topological polar surface area (TPSA) is 15.3 Å². The molecule has 8 heteroatoms. The molecule has 1 aromatic carbocycles. The van der Waals surface area contributed by atoms with Crippen molar-refractivity contribution in [3.8, 4) is 0 Å². The normalized spacial score (nSPS) is 19.1. The zero-order valence-electron chi connectivity index (χ0n) is 10.3. The smallest absolute Gasteiger partial charge is 0.314 e. The molecule has 0 spiro atoms. The van der Waals surface area contributed by atoms with E-state index in [1.54, 1.807) is 0 Å². The second-order valence-corrected chi connectivity index (χ2v) is 4.49. The van der Waals surface area contributed by atoms with Gasteiger partial charge in [-0.15, -0.1) is 0 Å². The molecule has 0 radical (unpaired) electrons. The molecule has 0 aromatic heterocycles. The maximum absolute atomic E-state index is 13.6. The van der Waals surface area contributed by atoms with E-state index in [1.165, 1.54) is 0 Å². The fourth-order valence-corrected chi connectivity index (χ4v) is 2.29. The minimum Gasteiger partial charge on any atom is -0.314 e. The van der Waals surface area contributed by atoms with Crippen LogP contribution in [0, 0.1) is 17.5 Å². The highest BCUT2D eigenvalue weighted by atomic mass is 19.4. The van der Waals surface area contributed by atoms with Crippen LogP contribution in [0.4, 0.5) is 26.3 Å².